The van der Waals surface area contributed by atoms with Crippen molar-refractivity contribution in [2.24, 2.45) is 11.5 Å². The second kappa shape index (κ2) is 4.69. The number of nitrogens with zero attached hydrogens (tertiary/aromatic N) is 1. The van der Waals surface area contributed by atoms with E-state index in [-0.39, 0.29) is 6.04 Å². The number of anilines is 1. The molecule has 0 aromatic heterocycles. The molecule has 4 N–H and O–H groups in total. The Hall–Kier alpha value is -1.26. The van der Waals surface area contributed by atoms with Crippen LogP contribution in [0.1, 0.15) is 36.0 Å². The topological polar surface area (TPSA) is 72.4 Å². The van der Waals surface area contributed by atoms with E-state index in [1.165, 1.54) is 0 Å². The predicted molar refractivity (Wildman–Crippen MR) is 76.5 cm³/mol. The standard InChI is InChI=1S/C14H18ClN3O/c15-8-1-4-13(12(5-8)14(17)19)18-10-2-3-11(18)7-9(16)6-10/h1,4-5,9-11H,2-3,6-7,16H2,(H2,17,19). The summed E-state index contributed by atoms with van der Waals surface area (Å²) in [5, 5.41) is 0.540. The highest BCUT2D eigenvalue weighted by molar-refractivity contribution is 6.31. The van der Waals surface area contributed by atoms with Gasteiger partial charge in [0.15, 0.2) is 0 Å². The molecule has 0 saturated carbocycles. The summed E-state index contributed by atoms with van der Waals surface area (Å²) in [6.07, 6.45) is 4.24. The lowest BCUT2D eigenvalue weighted by Gasteiger charge is -2.40. The molecule has 2 saturated heterocycles. The molecule has 0 aliphatic carbocycles. The molecular formula is C14H18ClN3O. The Labute approximate surface area is 117 Å². The fourth-order valence-corrected chi connectivity index (χ4v) is 3.72. The van der Waals surface area contributed by atoms with Gasteiger partial charge in [-0.25, -0.2) is 0 Å². The van der Waals surface area contributed by atoms with Crippen LogP contribution in [0.3, 0.4) is 0 Å². The molecule has 0 spiro atoms. The number of nitrogens with two attached hydrogens (primary N) is 2. The van der Waals surface area contributed by atoms with Gasteiger partial charge in [0, 0.05) is 23.1 Å². The van der Waals surface area contributed by atoms with Crippen molar-refractivity contribution in [1.29, 1.82) is 0 Å². The van der Waals surface area contributed by atoms with E-state index in [1.807, 2.05) is 12.1 Å². The highest BCUT2D eigenvalue weighted by Gasteiger charge is 2.40. The average Bonchev–Trinajstić information content (AvgIpc) is 2.62. The van der Waals surface area contributed by atoms with Crippen LogP contribution in [0.5, 0.6) is 0 Å². The highest BCUT2D eigenvalue weighted by atomic mass is 35.5. The first-order valence-electron chi connectivity index (χ1n) is 6.69. The number of carbonyl (C=O) groups excluding carboxylic acids is 1. The molecule has 0 radical (unpaired) electrons. The van der Waals surface area contributed by atoms with E-state index in [9.17, 15) is 4.79 Å². The van der Waals surface area contributed by atoms with Crippen molar-refractivity contribution in [2.45, 2.75) is 43.8 Å². The van der Waals surface area contributed by atoms with Crippen molar-refractivity contribution in [2.75, 3.05) is 4.90 Å². The van der Waals surface area contributed by atoms with Crippen molar-refractivity contribution in [1.82, 2.24) is 0 Å². The van der Waals surface area contributed by atoms with Gasteiger partial charge in [0.2, 0.25) is 0 Å². The minimum atomic E-state index is -0.424. The van der Waals surface area contributed by atoms with E-state index in [4.69, 9.17) is 23.1 Å². The molecule has 4 nitrogen and oxygen atoms in total. The summed E-state index contributed by atoms with van der Waals surface area (Å²) in [7, 11) is 0. The van der Waals surface area contributed by atoms with Crippen LogP contribution in [0.25, 0.3) is 0 Å². The van der Waals surface area contributed by atoms with Gasteiger partial charge in [0.05, 0.1) is 11.3 Å². The SMILES string of the molecule is NC(=O)c1cc(Cl)ccc1N1C2CCC1CC(N)C2. The second-order valence-corrected chi connectivity index (χ2v) is 5.99. The van der Waals surface area contributed by atoms with Gasteiger partial charge in [-0.3, -0.25) is 4.79 Å². The number of piperidine rings is 1. The minimum Gasteiger partial charge on any atom is -0.366 e. The van der Waals surface area contributed by atoms with E-state index in [0.717, 1.165) is 31.4 Å². The fraction of sp³-hybridized carbons (Fsp3) is 0.500. The van der Waals surface area contributed by atoms with Crippen LogP contribution in [-0.2, 0) is 0 Å². The summed E-state index contributed by atoms with van der Waals surface area (Å²) in [4.78, 5) is 14.0. The van der Waals surface area contributed by atoms with Crippen LogP contribution in [0.15, 0.2) is 18.2 Å². The maximum Gasteiger partial charge on any atom is 0.250 e. The van der Waals surface area contributed by atoms with E-state index >= 15 is 0 Å². The van der Waals surface area contributed by atoms with Crippen LogP contribution in [0.2, 0.25) is 5.02 Å². The third-order valence-corrected chi connectivity index (χ3v) is 4.51. The first-order valence-corrected chi connectivity index (χ1v) is 7.07. The first kappa shape index (κ1) is 12.8. The summed E-state index contributed by atoms with van der Waals surface area (Å²) < 4.78 is 0. The Kier molecular flexibility index (Phi) is 3.15. The molecule has 102 valence electrons. The highest BCUT2D eigenvalue weighted by Crippen LogP contribution is 2.40. The van der Waals surface area contributed by atoms with Crippen molar-refractivity contribution >= 4 is 23.2 Å². The molecular weight excluding hydrogens is 262 g/mol. The van der Waals surface area contributed by atoms with Crippen LogP contribution in [0, 0.1) is 0 Å². The van der Waals surface area contributed by atoms with E-state index in [2.05, 4.69) is 4.90 Å². The number of hydrogen-bond acceptors (Lipinski definition) is 3. The predicted octanol–water partition coefficient (Wildman–Crippen LogP) is 1.90. The zero-order valence-corrected chi connectivity index (χ0v) is 11.4. The molecule has 1 amide bonds. The zero-order valence-electron chi connectivity index (χ0n) is 10.7. The molecule has 19 heavy (non-hydrogen) atoms. The summed E-state index contributed by atoms with van der Waals surface area (Å²) in [5.74, 6) is -0.424. The number of halogens is 1. The number of fused-ring (bicyclic) bond motifs is 2. The lowest BCUT2D eigenvalue weighted by molar-refractivity contribution is 0.100. The van der Waals surface area contributed by atoms with Gasteiger partial charge in [0.1, 0.15) is 0 Å². The van der Waals surface area contributed by atoms with Gasteiger partial charge in [-0.1, -0.05) is 11.6 Å². The number of hydrogen-bond donors (Lipinski definition) is 2. The van der Waals surface area contributed by atoms with Gasteiger partial charge in [-0.05, 0) is 43.9 Å². The Morgan fingerprint density at radius 3 is 2.47 bits per heavy atom. The third-order valence-electron chi connectivity index (χ3n) is 4.27. The zero-order chi connectivity index (χ0) is 13.6. The van der Waals surface area contributed by atoms with E-state index in [1.54, 1.807) is 6.07 Å². The quantitative estimate of drug-likeness (QED) is 0.868. The van der Waals surface area contributed by atoms with Crippen molar-refractivity contribution < 1.29 is 4.79 Å². The lowest BCUT2D eigenvalue weighted by atomic mass is 9.96. The monoisotopic (exact) mass is 279 g/mol. The smallest absolute Gasteiger partial charge is 0.250 e. The summed E-state index contributed by atoms with van der Waals surface area (Å²) >= 11 is 5.97. The number of rotatable bonds is 2. The molecule has 2 atom stereocenters. The van der Waals surface area contributed by atoms with Crippen LogP contribution >= 0.6 is 11.6 Å². The minimum absolute atomic E-state index is 0.276. The van der Waals surface area contributed by atoms with Gasteiger partial charge in [0.25, 0.3) is 5.91 Å². The number of amides is 1. The maximum atomic E-state index is 11.6. The van der Waals surface area contributed by atoms with E-state index in [0.29, 0.717) is 22.7 Å². The molecule has 2 heterocycles. The molecule has 2 bridgehead atoms. The van der Waals surface area contributed by atoms with Gasteiger partial charge in [-0.2, -0.15) is 0 Å². The Morgan fingerprint density at radius 2 is 1.89 bits per heavy atom. The Balaban J connectivity index is 2.01. The number of carbonyl (C=O) groups is 1. The van der Waals surface area contributed by atoms with Crippen LogP contribution < -0.4 is 16.4 Å². The molecule has 2 aliphatic rings. The van der Waals surface area contributed by atoms with Gasteiger partial charge < -0.3 is 16.4 Å². The number of primary amides is 1. The van der Waals surface area contributed by atoms with Crippen molar-refractivity contribution in [3.05, 3.63) is 28.8 Å². The molecule has 2 fully saturated rings. The summed E-state index contributed by atoms with van der Waals surface area (Å²) in [5.41, 5.74) is 13.0. The Bertz CT molecular complexity index is 505. The van der Waals surface area contributed by atoms with E-state index < -0.39 is 5.91 Å². The molecule has 2 aliphatic heterocycles. The molecule has 1 aromatic rings. The molecule has 1 aromatic carbocycles. The maximum absolute atomic E-state index is 11.6. The second-order valence-electron chi connectivity index (χ2n) is 5.55. The van der Waals surface area contributed by atoms with Crippen molar-refractivity contribution in [3.8, 4) is 0 Å². The third kappa shape index (κ3) is 2.19. The largest absolute Gasteiger partial charge is 0.366 e. The lowest BCUT2D eigenvalue weighted by Crippen LogP contribution is -2.48. The van der Waals surface area contributed by atoms with Gasteiger partial charge in [-0.15, -0.1) is 0 Å². The molecule has 3 rings (SSSR count). The average molecular weight is 280 g/mol. The normalized spacial score (nSPS) is 29.6. The summed E-state index contributed by atoms with van der Waals surface area (Å²) in [6.45, 7) is 0. The van der Waals surface area contributed by atoms with Crippen LogP contribution in [0.4, 0.5) is 5.69 Å². The first-order chi connectivity index (χ1) is 9.06. The van der Waals surface area contributed by atoms with Crippen LogP contribution in [-0.4, -0.2) is 24.0 Å². The Morgan fingerprint density at radius 1 is 1.26 bits per heavy atom. The van der Waals surface area contributed by atoms with Crippen molar-refractivity contribution in [3.63, 3.8) is 0 Å². The number of benzene rings is 1. The molecule has 5 heteroatoms. The fourth-order valence-electron chi connectivity index (χ4n) is 3.54. The summed E-state index contributed by atoms with van der Waals surface area (Å²) in [6, 6.07) is 6.51. The van der Waals surface area contributed by atoms with Gasteiger partial charge >= 0.3 is 0 Å². The molecule has 2 unspecified atom stereocenters.